The number of carboxylic acids is 2. The Bertz CT molecular complexity index is 599. The summed E-state index contributed by atoms with van der Waals surface area (Å²) in [6.07, 6.45) is -0.401. The summed E-state index contributed by atoms with van der Waals surface area (Å²) < 4.78 is 0. The van der Waals surface area contributed by atoms with Crippen molar-refractivity contribution in [3.63, 3.8) is 0 Å². The fraction of sp³-hybridized carbons (Fsp3) is 0.357. The number of carbonyl (C=O) groups is 3. The highest BCUT2D eigenvalue weighted by molar-refractivity contribution is 6.00. The molecule has 1 aliphatic heterocycles. The number of hydrogen-bond donors (Lipinski definition) is 3. The van der Waals surface area contributed by atoms with Gasteiger partial charge < -0.3 is 20.4 Å². The summed E-state index contributed by atoms with van der Waals surface area (Å²) in [6, 6.07) is 4.06. The van der Waals surface area contributed by atoms with Crippen LogP contribution < -0.4 is 5.32 Å². The van der Waals surface area contributed by atoms with Crippen LogP contribution in [0.2, 0.25) is 0 Å². The minimum absolute atomic E-state index is 0.108. The molecule has 0 fully saturated rings. The Morgan fingerprint density at radius 3 is 2.67 bits per heavy atom. The van der Waals surface area contributed by atoms with E-state index < -0.39 is 18.0 Å². The van der Waals surface area contributed by atoms with Crippen molar-refractivity contribution in [1.82, 2.24) is 4.90 Å². The number of nitrogens with one attached hydrogen (secondary N) is 1. The van der Waals surface area contributed by atoms with E-state index in [-0.39, 0.29) is 25.3 Å². The van der Waals surface area contributed by atoms with Crippen LogP contribution in [0.3, 0.4) is 0 Å². The summed E-state index contributed by atoms with van der Waals surface area (Å²) >= 11 is 0. The van der Waals surface area contributed by atoms with E-state index >= 15 is 0 Å². The summed E-state index contributed by atoms with van der Waals surface area (Å²) in [6.45, 7) is 0.181. The molecule has 0 radical (unpaired) electrons. The Labute approximate surface area is 121 Å². The van der Waals surface area contributed by atoms with Gasteiger partial charge in [0.1, 0.15) is 6.04 Å². The van der Waals surface area contributed by atoms with Crippen LogP contribution in [-0.2, 0) is 16.1 Å². The summed E-state index contributed by atoms with van der Waals surface area (Å²) in [4.78, 5) is 35.4. The van der Waals surface area contributed by atoms with Crippen LogP contribution in [0, 0.1) is 0 Å². The quantitative estimate of drug-likeness (QED) is 0.722. The van der Waals surface area contributed by atoms with E-state index in [0.29, 0.717) is 5.56 Å². The molecule has 0 saturated carbocycles. The fourth-order valence-electron chi connectivity index (χ4n) is 2.42. The Balaban J connectivity index is 2.23. The van der Waals surface area contributed by atoms with Gasteiger partial charge in [-0.3, -0.25) is 9.59 Å². The molecule has 0 spiro atoms. The number of amides is 1. The van der Waals surface area contributed by atoms with Gasteiger partial charge in [-0.1, -0.05) is 0 Å². The van der Waals surface area contributed by atoms with Crippen LogP contribution in [0.25, 0.3) is 0 Å². The second-order valence-corrected chi connectivity index (χ2v) is 4.84. The number of benzene rings is 1. The van der Waals surface area contributed by atoms with Gasteiger partial charge >= 0.3 is 11.9 Å². The topological polar surface area (TPSA) is 107 Å². The van der Waals surface area contributed by atoms with E-state index in [2.05, 4.69) is 5.32 Å². The predicted molar refractivity (Wildman–Crippen MR) is 74.2 cm³/mol. The maximum Gasteiger partial charge on any atom is 0.326 e. The van der Waals surface area contributed by atoms with Crippen LogP contribution in [0.1, 0.15) is 28.8 Å². The molecule has 0 bridgehead atoms. The van der Waals surface area contributed by atoms with Gasteiger partial charge in [0.15, 0.2) is 0 Å². The summed E-state index contributed by atoms with van der Waals surface area (Å²) in [5.74, 6) is -2.64. The molecule has 1 aliphatic rings. The largest absolute Gasteiger partial charge is 0.481 e. The van der Waals surface area contributed by atoms with Crippen molar-refractivity contribution in [1.29, 1.82) is 0 Å². The molecule has 1 aromatic carbocycles. The first-order chi connectivity index (χ1) is 9.93. The molecular weight excluding hydrogens is 276 g/mol. The first-order valence-electron chi connectivity index (χ1n) is 6.50. The van der Waals surface area contributed by atoms with Crippen molar-refractivity contribution in [2.75, 3.05) is 12.4 Å². The van der Waals surface area contributed by atoms with Gasteiger partial charge in [-0.05, 0) is 30.2 Å². The van der Waals surface area contributed by atoms with Crippen LogP contribution in [-0.4, -0.2) is 46.0 Å². The zero-order valence-corrected chi connectivity index (χ0v) is 11.5. The molecule has 7 nitrogen and oxygen atoms in total. The SMILES string of the molecule is CNc1ccc2c(c1)CN([C@H](CCC(=O)O)C(=O)O)C2=O. The van der Waals surface area contributed by atoms with Gasteiger partial charge in [0, 0.05) is 31.3 Å². The second kappa shape index (κ2) is 5.82. The lowest BCUT2D eigenvalue weighted by Gasteiger charge is -2.23. The van der Waals surface area contributed by atoms with Crippen molar-refractivity contribution in [3.05, 3.63) is 29.3 Å². The maximum absolute atomic E-state index is 12.3. The average Bonchev–Trinajstić information content (AvgIpc) is 2.75. The van der Waals surface area contributed by atoms with E-state index in [1.54, 1.807) is 25.2 Å². The van der Waals surface area contributed by atoms with Gasteiger partial charge in [-0.15, -0.1) is 0 Å². The number of hydrogen-bond acceptors (Lipinski definition) is 4. The first kappa shape index (κ1) is 14.8. The number of rotatable bonds is 6. The second-order valence-electron chi connectivity index (χ2n) is 4.84. The average molecular weight is 292 g/mol. The zero-order valence-electron chi connectivity index (χ0n) is 11.5. The van der Waals surface area contributed by atoms with Gasteiger partial charge in [-0.2, -0.15) is 0 Å². The van der Waals surface area contributed by atoms with E-state index in [1.165, 1.54) is 4.90 Å². The fourth-order valence-corrected chi connectivity index (χ4v) is 2.42. The number of carbonyl (C=O) groups excluding carboxylic acids is 1. The Kier molecular flexibility index (Phi) is 4.11. The molecule has 1 aromatic rings. The van der Waals surface area contributed by atoms with Gasteiger partial charge in [-0.25, -0.2) is 4.79 Å². The number of fused-ring (bicyclic) bond motifs is 1. The van der Waals surface area contributed by atoms with Crippen molar-refractivity contribution < 1.29 is 24.6 Å². The van der Waals surface area contributed by atoms with Crippen molar-refractivity contribution in [3.8, 4) is 0 Å². The Hall–Kier alpha value is -2.57. The number of carboxylic acid groups (broad SMARTS) is 2. The Morgan fingerprint density at radius 1 is 1.38 bits per heavy atom. The zero-order chi connectivity index (χ0) is 15.6. The molecule has 7 heteroatoms. The molecule has 0 unspecified atom stereocenters. The van der Waals surface area contributed by atoms with Crippen LogP contribution in [0.5, 0.6) is 0 Å². The molecule has 0 aromatic heterocycles. The third kappa shape index (κ3) is 2.96. The lowest BCUT2D eigenvalue weighted by molar-refractivity contribution is -0.143. The lowest BCUT2D eigenvalue weighted by atomic mass is 10.1. The third-order valence-corrected chi connectivity index (χ3v) is 3.52. The van der Waals surface area contributed by atoms with E-state index in [9.17, 15) is 19.5 Å². The molecule has 1 atom stereocenters. The minimum Gasteiger partial charge on any atom is -0.481 e. The maximum atomic E-state index is 12.3. The molecule has 2 rings (SSSR count). The lowest BCUT2D eigenvalue weighted by Crippen LogP contribution is -2.41. The first-order valence-corrected chi connectivity index (χ1v) is 6.50. The molecule has 3 N–H and O–H groups in total. The summed E-state index contributed by atoms with van der Waals surface area (Å²) in [7, 11) is 1.75. The van der Waals surface area contributed by atoms with Gasteiger partial charge in [0.2, 0.25) is 0 Å². The van der Waals surface area contributed by atoms with Crippen molar-refractivity contribution in [2.45, 2.75) is 25.4 Å². The van der Waals surface area contributed by atoms with E-state index in [0.717, 1.165) is 11.3 Å². The molecule has 1 amide bonds. The normalized spacial score (nSPS) is 14.7. The highest BCUT2D eigenvalue weighted by Gasteiger charge is 2.36. The van der Waals surface area contributed by atoms with E-state index in [4.69, 9.17) is 5.11 Å². The molecular formula is C14H16N2O5. The molecule has 21 heavy (non-hydrogen) atoms. The van der Waals surface area contributed by atoms with Crippen LogP contribution >= 0.6 is 0 Å². The summed E-state index contributed by atoms with van der Waals surface area (Å²) in [5.41, 5.74) is 2.05. The van der Waals surface area contributed by atoms with Crippen molar-refractivity contribution in [2.24, 2.45) is 0 Å². The smallest absolute Gasteiger partial charge is 0.326 e. The molecule has 112 valence electrons. The van der Waals surface area contributed by atoms with Gasteiger partial charge in [0.05, 0.1) is 0 Å². The standard InChI is InChI=1S/C14H16N2O5/c1-15-9-2-3-10-8(6-9)7-16(13(10)19)11(14(20)21)4-5-12(17)18/h2-3,6,11,15H,4-5,7H2,1H3,(H,17,18)(H,20,21)/t11-/m1/s1. The number of aliphatic carboxylic acids is 2. The van der Waals surface area contributed by atoms with Crippen LogP contribution in [0.4, 0.5) is 5.69 Å². The number of anilines is 1. The minimum atomic E-state index is -1.19. The van der Waals surface area contributed by atoms with Crippen molar-refractivity contribution >= 4 is 23.5 Å². The van der Waals surface area contributed by atoms with Gasteiger partial charge in [0.25, 0.3) is 5.91 Å². The highest BCUT2D eigenvalue weighted by atomic mass is 16.4. The molecule has 1 heterocycles. The number of nitrogens with zero attached hydrogens (tertiary/aromatic N) is 1. The predicted octanol–water partition coefficient (Wildman–Crippen LogP) is 1.00. The monoisotopic (exact) mass is 292 g/mol. The van der Waals surface area contributed by atoms with E-state index in [1.807, 2.05) is 0 Å². The third-order valence-electron chi connectivity index (χ3n) is 3.52. The highest BCUT2D eigenvalue weighted by Crippen LogP contribution is 2.28. The molecule has 0 saturated heterocycles. The molecule has 0 aliphatic carbocycles. The Morgan fingerprint density at radius 2 is 2.10 bits per heavy atom. The van der Waals surface area contributed by atoms with Crippen LogP contribution in [0.15, 0.2) is 18.2 Å². The summed E-state index contributed by atoms with van der Waals surface area (Å²) in [5, 5.41) is 20.9.